The number of carbonyl (C=O) groups excluding carboxylic acids is 1. The first-order valence-electron chi connectivity index (χ1n) is 9.02. The Bertz CT molecular complexity index is 1230. The molecule has 0 radical (unpaired) electrons. The highest BCUT2D eigenvalue weighted by Gasteiger charge is 2.36. The number of ether oxygens (including phenoxy) is 1. The molecule has 0 aliphatic carbocycles. The van der Waals surface area contributed by atoms with Crippen molar-refractivity contribution in [1.82, 2.24) is 0 Å². The minimum Gasteiger partial charge on any atom is -0.497 e. The number of methoxy groups -OCH3 is 1. The van der Waals surface area contributed by atoms with Gasteiger partial charge in [0.05, 0.1) is 17.7 Å². The number of aryl methyl sites for hydroxylation is 1. The highest BCUT2D eigenvalue weighted by atomic mass is 32.2. The van der Waals surface area contributed by atoms with Crippen LogP contribution in [0, 0.1) is 6.92 Å². The Balaban J connectivity index is 1.89. The van der Waals surface area contributed by atoms with Gasteiger partial charge >= 0.3 is 0 Å². The van der Waals surface area contributed by atoms with Crippen LogP contribution in [0.15, 0.2) is 88.8 Å². The number of carbonyl (C=O) groups is 1. The molecule has 0 aromatic heterocycles. The summed E-state index contributed by atoms with van der Waals surface area (Å²) in [6.45, 7) is 1.96. The molecule has 1 aliphatic heterocycles. The molecule has 0 fully saturated rings. The minimum absolute atomic E-state index is 0.112. The van der Waals surface area contributed by atoms with Gasteiger partial charge in [-0.1, -0.05) is 24.3 Å². The predicted molar refractivity (Wildman–Crippen MR) is 112 cm³/mol. The lowest BCUT2D eigenvalue weighted by atomic mass is 10.1. The average Bonchev–Trinajstić information content (AvgIpc) is 2.73. The molecule has 146 valence electrons. The number of Topliss-reactive ketones (excluding diaryl/α,β-unsaturated/α-hetero) is 1. The highest BCUT2D eigenvalue weighted by Crippen LogP contribution is 2.40. The van der Waals surface area contributed by atoms with E-state index in [-0.39, 0.29) is 15.4 Å². The van der Waals surface area contributed by atoms with Crippen molar-refractivity contribution in [1.29, 1.82) is 0 Å². The molecule has 0 atom stereocenters. The standard InChI is InChI=1S/C23H19NO4S/c1-16-6-5-7-18(14-16)24-15-22(23(25)17-10-12-19(28-2)13-11-17)29(26,27)21-9-4-3-8-20(21)24/h3-15H,1-2H3. The summed E-state index contributed by atoms with van der Waals surface area (Å²) in [5.74, 6) is 0.0357. The van der Waals surface area contributed by atoms with Crippen molar-refractivity contribution in [3.05, 3.63) is 95.0 Å². The molecular weight excluding hydrogens is 386 g/mol. The van der Waals surface area contributed by atoms with E-state index >= 15 is 0 Å². The number of benzene rings is 3. The summed E-state index contributed by atoms with van der Waals surface area (Å²) in [5.41, 5.74) is 2.62. The lowest BCUT2D eigenvalue weighted by Gasteiger charge is -2.29. The average molecular weight is 405 g/mol. The second-order valence-corrected chi connectivity index (χ2v) is 8.62. The third kappa shape index (κ3) is 3.32. The zero-order chi connectivity index (χ0) is 20.6. The van der Waals surface area contributed by atoms with E-state index in [1.54, 1.807) is 47.4 Å². The molecule has 0 saturated carbocycles. The van der Waals surface area contributed by atoms with Gasteiger partial charge in [-0.05, 0) is 61.0 Å². The lowest BCUT2D eigenvalue weighted by molar-refractivity contribution is 0.104. The van der Waals surface area contributed by atoms with Gasteiger partial charge in [-0.2, -0.15) is 0 Å². The molecule has 4 rings (SSSR count). The molecule has 0 spiro atoms. The van der Waals surface area contributed by atoms with Gasteiger partial charge in [-0.3, -0.25) is 4.79 Å². The van der Waals surface area contributed by atoms with Crippen LogP contribution < -0.4 is 9.64 Å². The van der Waals surface area contributed by atoms with E-state index < -0.39 is 15.6 Å². The van der Waals surface area contributed by atoms with Crippen LogP contribution in [0.4, 0.5) is 11.4 Å². The van der Waals surface area contributed by atoms with E-state index in [0.29, 0.717) is 11.4 Å². The molecule has 3 aromatic rings. The third-order valence-electron chi connectivity index (χ3n) is 4.81. The minimum atomic E-state index is -3.96. The number of para-hydroxylation sites is 1. The monoisotopic (exact) mass is 405 g/mol. The van der Waals surface area contributed by atoms with Gasteiger partial charge < -0.3 is 9.64 Å². The van der Waals surface area contributed by atoms with Crippen LogP contribution in [-0.4, -0.2) is 21.3 Å². The number of hydrogen-bond acceptors (Lipinski definition) is 5. The first-order valence-corrected chi connectivity index (χ1v) is 10.5. The van der Waals surface area contributed by atoms with Crippen LogP contribution in [0.5, 0.6) is 5.75 Å². The maximum absolute atomic E-state index is 13.2. The molecule has 0 amide bonds. The normalized spacial score (nSPS) is 14.7. The smallest absolute Gasteiger partial charge is 0.214 e. The molecule has 3 aromatic carbocycles. The SMILES string of the molecule is COc1ccc(C(=O)C2=CN(c3cccc(C)c3)c3ccccc3S2(=O)=O)cc1. The summed E-state index contributed by atoms with van der Waals surface area (Å²) in [4.78, 5) is 14.8. The molecule has 0 unspecified atom stereocenters. The molecule has 0 bridgehead atoms. The van der Waals surface area contributed by atoms with Gasteiger partial charge in [0.1, 0.15) is 10.7 Å². The molecular formula is C23H19NO4S. The Kier molecular flexibility index (Phi) is 4.72. The van der Waals surface area contributed by atoms with Crippen molar-refractivity contribution in [3.8, 4) is 5.75 Å². The van der Waals surface area contributed by atoms with Crippen LogP contribution in [0.3, 0.4) is 0 Å². The fourth-order valence-electron chi connectivity index (χ4n) is 3.31. The Hall–Kier alpha value is -3.38. The lowest BCUT2D eigenvalue weighted by Crippen LogP contribution is -2.25. The first-order chi connectivity index (χ1) is 13.9. The number of rotatable bonds is 4. The molecule has 6 heteroatoms. The first kappa shape index (κ1) is 19.0. The van der Waals surface area contributed by atoms with E-state index in [0.717, 1.165) is 11.3 Å². The van der Waals surface area contributed by atoms with Gasteiger partial charge in [0, 0.05) is 17.5 Å². The van der Waals surface area contributed by atoms with E-state index in [2.05, 4.69) is 0 Å². The summed E-state index contributed by atoms with van der Waals surface area (Å²) in [6, 6.07) is 20.8. The summed E-state index contributed by atoms with van der Waals surface area (Å²) in [5, 5.41) is 0. The predicted octanol–water partition coefficient (Wildman–Crippen LogP) is 4.65. The maximum atomic E-state index is 13.2. The number of ketones is 1. The molecule has 0 saturated heterocycles. The second kappa shape index (κ2) is 7.22. The Morgan fingerprint density at radius 1 is 0.931 bits per heavy atom. The van der Waals surface area contributed by atoms with Crippen molar-refractivity contribution < 1.29 is 17.9 Å². The summed E-state index contributed by atoms with van der Waals surface area (Å²) >= 11 is 0. The van der Waals surface area contributed by atoms with Crippen molar-refractivity contribution in [2.75, 3.05) is 12.0 Å². The zero-order valence-electron chi connectivity index (χ0n) is 16.0. The van der Waals surface area contributed by atoms with Gasteiger partial charge in [-0.25, -0.2) is 8.42 Å². The van der Waals surface area contributed by atoms with E-state index in [4.69, 9.17) is 4.74 Å². The van der Waals surface area contributed by atoms with Crippen molar-refractivity contribution in [3.63, 3.8) is 0 Å². The van der Waals surface area contributed by atoms with E-state index in [1.807, 2.05) is 31.2 Å². The molecule has 29 heavy (non-hydrogen) atoms. The van der Waals surface area contributed by atoms with Crippen LogP contribution in [-0.2, 0) is 9.84 Å². The fraction of sp³-hybridized carbons (Fsp3) is 0.0870. The van der Waals surface area contributed by atoms with Gasteiger partial charge in [0.15, 0.2) is 0 Å². The van der Waals surface area contributed by atoms with Gasteiger partial charge in [0.2, 0.25) is 15.6 Å². The number of nitrogens with zero attached hydrogens (tertiary/aromatic N) is 1. The largest absolute Gasteiger partial charge is 0.497 e. The molecule has 0 N–H and O–H groups in total. The number of anilines is 2. The zero-order valence-corrected chi connectivity index (χ0v) is 16.8. The number of fused-ring (bicyclic) bond motifs is 1. The second-order valence-electron chi connectivity index (χ2n) is 6.73. The highest BCUT2D eigenvalue weighted by molar-refractivity contribution is 7.96. The fourth-order valence-corrected chi connectivity index (χ4v) is 4.86. The molecule has 5 nitrogen and oxygen atoms in total. The van der Waals surface area contributed by atoms with E-state index in [9.17, 15) is 13.2 Å². The number of allylic oxidation sites excluding steroid dienone is 1. The van der Waals surface area contributed by atoms with Crippen LogP contribution in [0.25, 0.3) is 0 Å². The summed E-state index contributed by atoms with van der Waals surface area (Å²) in [6.07, 6.45) is 1.42. The quantitative estimate of drug-likeness (QED) is 0.591. The topological polar surface area (TPSA) is 63.7 Å². The third-order valence-corrected chi connectivity index (χ3v) is 6.60. The number of hydrogen-bond donors (Lipinski definition) is 0. The number of sulfone groups is 1. The van der Waals surface area contributed by atoms with Crippen LogP contribution in [0.2, 0.25) is 0 Å². The summed E-state index contributed by atoms with van der Waals surface area (Å²) < 4.78 is 31.6. The maximum Gasteiger partial charge on any atom is 0.214 e. The Morgan fingerprint density at radius 2 is 1.66 bits per heavy atom. The Labute approximate surface area is 169 Å². The summed E-state index contributed by atoms with van der Waals surface area (Å²) in [7, 11) is -2.43. The molecule has 1 aliphatic rings. The van der Waals surface area contributed by atoms with Crippen LogP contribution >= 0.6 is 0 Å². The van der Waals surface area contributed by atoms with Crippen molar-refractivity contribution in [2.24, 2.45) is 0 Å². The van der Waals surface area contributed by atoms with Gasteiger partial charge in [-0.15, -0.1) is 0 Å². The molecule has 1 heterocycles. The van der Waals surface area contributed by atoms with Crippen molar-refractivity contribution >= 4 is 27.0 Å². The van der Waals surface area contributed by atoms with Crippen molar-refractivity contribution in [2.45, 2.75) is 11.8 Å². The Morgan fingerprint density at radius 3 is 2.34 bits per heavy atom. The van der Waals surface area contributed by atoms with Gasteiger partial charge in [0.25, 0.3) is 0 Å². The van der Waals surface area contributed by atoms with Crippen LogP contribution in [0.1, 0.15) is 15.9 Å². The van der Waals surface area contributed by atoms with E-state index in [1.165, 1.54) is 19.4 Å².